The Bertz CT molecular complexity index is 750. The summed E-state index contributed by atoms with van der Waals surface area (Å²) in [7, 11) is 1.54. The number of para-hydroxylation sites is 1. The van der Waals surface area contributed by atoms with E-state index in [4.69, 9.17) is 9.47 Å². The Labute approximate surface area is 139 Å². The van der Waals surface area contributed by atoms with Crippen molar-refractivity contribution in [3.8, 4) is 5.75 Å². The first kappa shape index (κ1) is 17.4. The quantitative estimate of drug-likeness (QED) is 0.461. The molecule has 0 radical (unpaired) electrons. The summed E-state index contributed by atoms with van der Waals surface area (Å²) >= 11 is 0. The fourth-order valence-corrected chi connectivity index (χ4v) is 2.08. The summed E-state index contributed by atoms with van der Waals surface area (Å²) in [6, 6.07) is 12.3. The zero-order valence-electron chi connectivity index (χ0n) is 13.4. The molecule has 0 bridgehead atoms. The zero-order valence-corrected chi connectivity index (χ0v) is 13.4. The SMILES string of the molecule is COc1ccccc1/C=C/C(=O)O[C@H](C)C(=O)c1ccc(F)cc1. The van der Waals surface area contributed by atoms with Crippen LogP contribution in [0.1, 0.15) is 22.8 Å². The number of ether oxygens (including phenoxy) is 2. The lowest BCUT2D eigenvalue weighted by Gasteiger charge is -2.11. The lowest BCUT2D eigenvalue weighted by atomic mass is 10.1. The van der Waals surface area contributed by atoms with E-state index in [1.54, 1.807) is 18.2 Å². The lowest BCUT2D eigenvalue weighted by molar-refractivity contribution is -0.140. The normalized spacial score (nSPS) is 12.0. The van der Waals surface area contributed by atoms with E-state index in [1.807, 2.05) is 12.1 Å². The van der Waals surface area contributed by atoms with Crippen LogP contribution in [0.4, 0.5) is 4.39 Å². The van der Waals surface area contributed by atoms with Crippen LogP contribution in [-0.2, 0) is 9.53 Å². The highest BCUT2D eigenvalue weighted by atomic mass is 19.1. The molecule has 2 aromatic carbocycles. The number of hydrogen-bond donors (Lipinski definition) is 0. The Morgan fingerprint density at radius 2 is 1.75 bits per heavy atom. The van der Waals surface area contributed by atoms with E-state index in [1.165, 1.54) is 44.4 Å². The topological polar surface area (TPSA) is 52.6 Å². The molecule has 4 nitrogen and oxygen atoms in total. The first-order valence-corrected chi connectivity index (χ1v) is 7.32. The van der Waals surface area contributed by atoms with Gasteiger partial charge in [0.2, 0.25) is 5.78 Å². The second-order valence-corrected chi connectivity index (χ2v) is 5.03. The fraction of sp³-hybridized carbons (Fsp3) is 0.158. The van der Waals surface area contributed by atoms with E-state index < -0.39 is 23.7 Å². The van der Waals surface area contributed by atoms with E-state index in [2.05, 4.69) is 0 Å². The van der Waals surface area contributed by atoms with E-state index in [9.17, 15) is 14.0 Å². The van der Waals surface area contributed by atoms with E-state index in [0.717, 1.165) is 5.56 Å². The molecule has 0 aromatic heterocycles. The summed E-state index contributed by atoms with van der Waals surface area (Å²) < 4.78 is 23.1. The average molecular weight is 328 g/mol. The second kappa shape index (κ2) is 8.06. The van der Waals surface area contributed by atoms with Gasteiger partial charge in [0.25, 0.3) is 0 Å². The number of hydrogen-bond acceptors (Lipinski definition) is 4. The van der Waals surface area contributed by atoms with Crippen LogP contribution in [-0.4, -0.2) is 25.0 Å². The van der Waals surface area contributed by atoms with Crippen molar-refractivity contribution in [2.75, 3.05) is 7.11 Å². The van der Waals surface area contributed by atoms with Crippen LogP contribution in [0.2, 0.25) is 0 Å². The highest BCUT2D eigenvalue weighted by Gasteiger charge is 2.18. The highest BCUT2D eigenvalue weighted by molar-refractivity contribution is 6.01. The molecule has 5 heteroatoms. The fourth-order valence-electron chi connectivity index (χ4n) is 2.08. The van der Waals surface area contributed by atoms with E-state index in [-0.39, 0.29) is 5.56 Å². The molecular weight excluding hydrogens is 311 g/mol. The Hall–Kier alpha value is -2.95. The number of rotatable bonds is 6. The molecule has 0 fully saturated rings. The number of benzene rings is 2. The molecule has 0 N–H and O–H groups in total. The molecule has 0 aliphatic heterocycles. The van der Waals surface area contributed by atoms with Crippen LogP contribution in [0.15, 0.2) is 54.6 Å². The summed E-state index contributed by atoms with van der Waals surface area (Å²) in [4.78, 5) is 24.0. The number of halogens is 1. The van der Waals surface area contributed by atoms with Gasteiger partial charge in [0.15, 0.2) is 6.10 Å². The Balaban J connectivity index is 1.99. The molecule has 124 valence electrons. The maximum atomic E-state index is 12.9. The summed E-state index contributed by atoms with van der Waals surface area (Å²) in [5, 5.41) is 0. The Morgan fingerprint density at radius 1 is 1.08 bits per heavy atom. The molecule has 0 heterocycles. The van der Waals surface area contributed by atoms with Gasteiger partial charge in [0.1, 0.15) is 11.6 Å². The molecule has 0 spiro atoms. The Morgan fingerprint density at radius 3 is 2.42 bits per heavy atom. The number of carbonyl (C=O) groups excluding carboxylic acids is 2. The van der Waals surface area contributed by atoms with Crippen LogP contribution in [0.5, 0.6) is 5.75 Å². The lowest BCUT2D eigenvalue weighted by Crippen LogP contribution is -2.23. The van der Waals surface area contributed by atoms with Crippen molar-refractivity contribution in [2.24, 2.45) is 0 Å². The van der Waals surface area contributed by atoms with Crippen LogP contribution < -0.4 is 4.74 Å². The number of Topliss-reactive ketones (excluding diaryl/α,β-unsaturated/α-hetero) is 1. The first-order valence-electron chi connectivity index (χ1n) is 7.32. The van der Waals surface area contributed by atoms with Gasteiger partial charge in [-0.15, -0.1) is 0 Å². The van der Waals surface area contributed by atoms with E-state index in [0.29, 0.717) is 5.75 Å². The molecule has 0 saturated heterocycles. The Kier molecular flexibility index (Phi) is 5.84. The van der Waals surface area contributed by atoms with Crippen LogP contribution in [0.3, 0.4) is 0 Å². The van der Waals surface area contributed by atoms with Crippen molar-refractivity contribution in [1.82, 2.24) is 0 Å². The highest BCUT2D eigenvalue weighted by Crippen LogP contribution is 2.18. The molecule has 24 heavy (non-hydrogen) atoms. The zero-order chi connectivity index (χ0) is 17.5. The standard InChI is InChI=1S/C19H17FO4/c1-13(19(22)15-7-10-16(20)11-8-15)24-18(21)12-9-14-5-3-4-6-17(14)23-2/h3-13H,1-2H3/b12-9+/t13-/m1/s1. The summed E-state index contributed by atoms with van der Waals surface area (Å²) in [5.74, 6) is -0.856. The molecule has 2 rings (SSSR count). The first-order chi connectivity index (χ1) is 11.5. The minimum atomic E-state index is -0.967. The van der Waals surface area contributed by atoms with Gasteiger partial charge >= 0.3 is 5.97 Å². The van der Waals surface area contributed by atoms with Gasteiger partial charge < -0.3 is 9.47 Å². The van der Waals surface area contributed by atoms with Gasteiger partial charge in [-0.05, 0) is 43.3 Å². The van der Waals surface area contributed by atoms with Crippen LogP contribution in [0.25, 0.3) is 6.08 Å². The molecule has 0 aliphatic rings. The molecule has 0 amide bonds. The second-order valence-electron chi connectivity index (χ2n) is 5.03. The van der Waals surface area contributed by atoms with Crippen molar-refractivity contribution in [3.63, 3.8) is 0 Å². The predicted octanol–water partition coefficient (Wildman–Crippen LogP) is 3.66. The smallest absolute Gasteiger partial charge is 0.331 e. The van der Waals surface area contributed by atoms with Crippen molar-refractivity contribution in [1.29, 1.82) is 0 Å². The van der Waals surface area contributed by atoms with Crippen molar-refractivity contribution in [3.05, 3.63) is 71.6 Å². The number of methoxy groups -OCH3 is 1. The molecule has 1 atom stereocenters. The molecule has 2 aromatic rings. The summed E-state index contributed by atoms with van der Waals surface area (Å²) in [6.45, 7) is 1.47. The largest absolute Gasteiger partial charge is 0.496 e. The third-order valence-electron chi connectivity index (χ3n) is 3.33. The number of carbonyl (C=O) groups is 2. The maximum Gasteiger partial charge on any atom is 0.331 e. The predicted molar refractivity (Wildman–Crippen MR) is 88.3 cm³/mol. The van der Waals surface area contributed by atoms with Gasteiger partial charge in [-0.2, -0.15) is 0 Å². The van der Waals surface area contributed by atoms with Crippen molar-refractivity contribution >= 4 is 17.8 Å². The molecular formula is C19H17FO4. The molecule has 0 aliphatic carbocycles. The minimum Gasteiger partial charge on any atom is -0.496 e. The third-order valence-corrected chi connectivity index (χ3v) is 3.33. The molecule has 0 unspecified atom stereocenters. The third kappa shape index (κ3) is 4.52. The minimum absolute atomic E-state index is 0.283. The van der Waals surface area contributed by atoms with Crippen LogP contribution >= 0.6 is 0 Å². The van der Waals surface area contributed by atoms with Crippen molar-refractivity contribution in [2.45, 2.75) is 13.0 Å². The maximum absolute atomic E-state index is 12.9. The number of ketones is 1. The average Bonchev–Trinajstić information content (AvgIpc) is 2.60. The van der Waals surface area contributed by atoms with Gasteiger partial charge in [-0.25, -0.2) is 9.18 Å². The van der Waals surface area contributed by atoms with Gasteiger partial charge in [-0.3, -0.25) is 4.79 Å². The van der Waals surface area contributed by atoms with Crippen LogP contribution in [0, 0.1) is 5.82 Å². The van der Waals surface area contributed by atoms with Gasteiger partial charge in [0.05, 0.1) is 7.11 Å². The van der Waals surface area contributed by atoms with Gasteiger partial charge in [0, 0.05) is 17.2 Å². The molecule has 0 saturated carbocycles. The van der Waals surface area contributed by atoms with E-state index >= 15 is 0 Å². The van der Waals surface area contributed by atoms with Gasteiger partial charge in [-0.1, -0.05) is 18.2 Å². The number of esters is 1. The van der Waals surface area contributed by atoms with Crippen molar-refractivity contribution < 1.29 is 23.5 Å². The summed E-state index contributed by atoms with van der Waals surface area (Å²) in [5.41, 5.74) is 1.000. The monoisotopic (exact) mass is 328 g/mol. The summed E-state index contributed by atoms with van der Waals surface area (Å²) in [6.07, 6.45) is 1.81.